The van der Waals surface area contributed by atoms with E-state index in [2.05, 4.69) is 0 Å². The molecule has 3 heteroatoms. The monoisotopic (exact) mass is 163 g/mol. The van der Waals surface area contributed by atoms with Gasteiger partial charge in [-0.2, -0.15) is 0 Å². The lowest BCUT2D eigenvalue weighted by atomic mass is 10.2. The lowest BCUT2D eigenvalue weighted by molar-refractivity contribution is 0.597. The van der Waals surface area contributed by atoms with Crippen molar-refractivity contribution in [1.82, 2.24) is 0 Å². The zero-order valence-electron chi connectivity index (χ0n) is 6.80. The molecule has 0 atom stereocenters. The molecule has 1 saturated heterocycles. The Morgan fingerprint density at radius 1 is 1.30 bits per heavy atom. The lowest BCUT2D eigenvalue weighted by Gasteiger charge is -2.15. The third-order valence-corrected chi connectivity index (χ3v) is 2.81. The van der Waals surface area contributed by atoms with Gasteiger partial charge in [-0.25, -0.2) is 0 Å². The van der Waals surface area contributed by atoms with Gasteiger partial charge in [0, 0.05) is 28.3 Å². The minimum atomic E-state index is -0.541. The highest BCUT2D eigenvalue weighted by atomic mass is 32.2. The van der Waals surface area contributed by atoms with Crippen LogP contribution in [-0.2, 0) is 10.8 Å². The van der Waals surface area contributed by atoms with Crippen molar-refractivity contribution in [3.8, 4) is 0 Å². The van der Waals surface area contributed by atoms with E-state index in [0.717, 1.165) is 24.3 Å². The Balaban J connectivity index is 0.000000371. The van der Waals surface area contributed by atoms with Crippen LogP contribution in [0, 0.1) is 0 Å². The fraction of sp³-hybridized carbons (Fsp3) is 1.00. The molecule has 1 rings (SSSR count). The maximum atomic E-state index is 10.7. The SMILES string of the molecule is CC.NC1CCS(=O)CC1. The smallest absolute Gasteiger partial charge is 0.0249 e. The minimum absolute atomic E-state index is 0.327. The summed E-state index contributed by atoms with van der Waals surface area (Å²) in [7, 11) is -0.541. The van der Waals surface area contributed by atoms with Crippen LogP contribution in [0.5, 0.6) is 0 Å². The van der Waals surface area contributed by atoms with Crippen LogP contribution >= 0.6 is 0 Å². The van der Waals surface area contributed by atoms with Crippen LogP contribution in [-0.4, -0.2) is 21.8 Å². The topological polar surface area (TPSA) is 43.1 Å². The molecule has 0 saturated carbocycles. The van der Waals surface area contributed by atoms with Crippen molar-refractivity contribution >= 4 is 10.8 Å². The average molecular weight is 163 g/mol. The van der Waals surface area contributed by atoms with Gasteiger partial charge < -0.3 is 5.73 Å². The van der Waals surface area contributed by atoms with Crippen LogP contribution in [0.3, 0.4) is 0 Å². The Hall–Kier alpha value is 0.110. The van der Waals surface area contributed by atoms with Crippen molar-refractivity contribution < 1.29 is 4.21 Å². The van der Waals surface area contributed by atoms with Gasteiger partial charge in [0.05, 0.1) is 0 Å². The van der Waals surface area contributed by atoms with Gasteiger partial charge in [-0.1, -0.05) is 13.8 Å². The van der Waals surface area contributed by atoms with E-state index < -0.39 is 10.8 Å². The molecule has 0 aromatic carbocycles. The number of nitrogens with two attached hydrogens (primary N) is 1. The van der Waals surface area contributed by atoms with Gasteiger partial charge in [0.1, 0.15) is 0 Å². The summed E-state index contributed by atoms with van der Waals surface area (Å²) in [5, 5.41) is 0. The van der Waals surface area contributed by atoms with Gasteiger partial charge in [0.15, 0.2) is 0 Å². The van der Waals surface area contributed by atoms with Crippen LogP contribution < -0.4 is 5.73 Å². The third-order valence-electron chi connectivity index (χ3n) is 1.43. The molecule has 1 fully saturated rings. The Kier molecular flexibility index (Phi) is 5.93. The summed E-state index contributed by atoms with van der Waals surface area (Å²) >= 11 is 0. The van der Waals surface area contributed by atoms with Crippen LogP contribution in [0.4, 0.5) is 0 Å². The first kappa shape index (κ1) is 10.1. The van der Waals surface area contributed by atoms with Crippen LogP contribution in [0.15, 0.2) is 0 Å². The second-order valence-corrected chi connectivity index (χ2v) is 3.88. The summed E-state index contributed by atoms with van der Waals surface area (Å²) in [6, 6.07) is 0.327. The van der Waals surface area contributed by atoms with E-state index in [-0.39, 0.29) is 0 Å². The highest BCUT2D eigenvalue weighted by molar-refractivity contribution is 7.85. The highest BCUT2D eigenvalue weighted by Gasteiger charge is 2.12. The van der Waals surface area contributed by atoms with Gasteiger partial charge in [-0.15, -0.1) is 0 Å². The van der Waals surface area contributed by atoms with Crippen molar-refractivity contribution in [3.05, 3.63) is 0 Å². The molecule has 10 heavy (non-hydrogen) atoms. The Morgan fingerprint density at radius 2 is 1.70 bits per heavy atom. The van der Waals surface area contributed by atoms with Crippen LogP contribution in [0.2, 0.25) is 0 Å². The first-order chi connectivity index (χ1) is 4.79. The fourth-order valence-electron chi connectivity index (χ4n) is 0.812. The summed E-state index contributed by atoms with van der Waals surface area (Å²) in [4.78, 5) is 0. The number of rotatable bonds is 0. The third kappa shape index (κ3) is 4.01. The standard InChI is InChI=1S/C5H11NOS.C2H6/c6-5-1-3-8(7)4-2-5;1-2/h5H,1-4,6H2;1-2H3. The predicted octanol–water partition coefficient (Wildman–Crippen LogP) is 0.882. The number of hydrogen-bond donors (Lipinski definition) is 1. The largest absolute Gasteiger partial charge is 0.328 e. The van der Waals surface area contributed by atoms with Gasteiger partial charge in [0.2, 0.25) is 0 Å². The molecule has 0 amide bonds. The van der Waals surface area contributed by atoms with Crippen molar-refractivity contribution in [2.24, 2.45) is 5.73 Å². The van der Waals surface area contributed by atoms with Crippen LogP contribution in [0.1, 0.15) is 26.7 Å². The van der Waals surface area contributed by atoms with Gasteiger partial charge >= 0.3 is 0 Å². The van der Waals surface area contributed by atoms with Gasteiger partial charge in [0.25, 0.3) is 0 Å². The lowest BCUT2D eigenvalue weighted by Crippen LogP contribution is -2.29. The molecule has 1 aliphatic heterocycles. The quantitative estimate of drug-likeness (QED) is 0.576. The Bertz CT molecular complexity index is 95.8. The molecular formula is C7H17NOS. The molecule has 0 aromatic heterocycles. The average Bonchev–Trinajstić information content (AvgIpc) is 2.00. The van der Waals surface area contributed by atoms with Crippen molar-refractivity contribution in [1.29, 1.82) is 0 Å². The summed E-state index contributed by atoms with van der Waals surface area (Å²) in [6.07, 6.45) is 1.90. The van der Waals surface area contributed by atoms with E-state index in [9.17, 15) is 4.21 Å². The molecule has 2 N–H and O–H groups in total. The van der Waals surface area contributed by atoms with Crippen molar-refractivity contribution in [3.63, 3.8) is 0 Å². The minimum Gasteiger partial charge on any atom is -0.328 e. The maximum absolute atomic E-state index is 10.7. The molecule has 1 aliphatic rings. The van der Waals surface area contributed by atoms with E-state index >= 15 is 0 Å². The fourth-order valence-corrected chi connectivity index (χ4v) is 2.15. The molecule has 2 nitrogen and oxygen atoms in total. The normalized spacial score (nSPS) is 32.3. The summed E-state index contributed by atoms with van der Waals surface area (Å²) in [5.41, 5.74) is 5.56. The van der Waals surface area contributed by atoms with E-state index in [4.69, 9.17) is 5.73 Å². The van der Waals surface area contributed by atoms with E-state index in [0.29, 0.717) is 6.04 Å². The Morgan fingerprint density at radius 3 is 2.00 bits per heavy atom. The molecule has 0 aromatic rings. The molecule has 0 spiro atoms. The van der Waals surface area contributed by atoms with Crippen LogP contribution in [0.25, 0.3) is 0 Å². The molecule has 0 bridgehead atoms. The molecule has 62 valence electrons. The number of hydrogen-bond acceptors (Lipinski definition) is 2. The predicted molar refractivity (Wildman–Crippen MR) is 46.4 cm³/mol. The second-order valence-electron chi connectivity index (χ2n) is 2.19. The molecule has 1 heterocycles. The van der Waals surface area contributed by atoms with Crippen molar-refractivity contribution in [2.75, 3.05) is 11.5 Å². The molecule has 0 aliphatic carbocycles. The Labute approximate surface area is 65.6 Å². The van der Waals surface area contributed by atoms with Gasteiger partial charge in [-0.05, 0) is 12.8 Å². The molecular weight excluding hydrogens is 146 g/mol. The molecule has 0 unspecified atom stereocenters. The maximum Gasteiger partial charge on any atom is 0.0249 e. The summed E-state index contributed by atoms with van der Waals surface area (Å²) in [5.74, 6) is 1.64. The van der Waals surface area contributed by atoms with E-state index in [1.54, 1.807) is 0 Å². The second kappa shape index (κ2) is 5.86. The van der Waals surface area contributed by atoms with Crippen molar-refractivity contribution in [2.45, 2.75) is 32.7 Å². The first-order valence-electron chi connectivity index (χ1n) is 3.89. The zero-order chi connectivity index (χ0) is 7.98. The highest BCUT2D eigenvalue weighted by Crippen LogP contribution is 2.05. The first-order valence-corrected chi connectivity index (χ1v) is 5.38. The summed E-state index contributed by atoms with van der Waals surface area (Å²) in [6.45, 7) is 4.00. The van der Waals surface area contributed by atoms with E-state index in [1.807, 2.05) is 13.8 Å². The molecule has 0 radical (unpaired) electrons. The van der Waals surface area contributed by atoms with E-state index in [1.165, 1.54) is 0 Å². The zero-order valence-corrected chi connectivity index (χ0v) is 7.62. The van der Waals surface area contributed by atoms with Gasteiger partial charge in [-0.3, -0.25) is 4.21 Å². The summed E-state index contributed by atoms with van der Waals surface area (Å²) < 4.78 is 10.7.